The lowest BCUT2D eigenvalue weighted by Crippen LogP contribution is -2.58. The van der Waals surface area contributed by atoms with Crippen LogP contribution in [0.4, 0.5) is 0 Å². The molecule has 5 unspecified atom stereocenters. The van der Waals surface area contributed by atoms with Crippen molar-refractivity contribution >= 4 is 6.29 Å². The molecular formula is C26H33N3O2. The zero-order valence-electron chi connectivity index (χ0n) is 18.3. The summed E-state index contributed by atoms with van der Waals surface area (Å²) in [4.78, 5) is 11.7. The van der Waals surface area contributed by atoms with Gasteiger partial charge in [-0.2, -0.15) is 0 Å². The third-order valence-electron chi connectivity index (χ3n) is 5.84. The van der Waals surface area contributed by atoms with Crippen molar-refractivity contribution in [2.45, 2.75) is 31.5 Å². The molecule has 0 radical (unpaired) electrons. The molecule has 31 heavy (non-hydrogen) atoms. The molecule has 5 heteroatoms. The Kier molecular flexibility index (Phi) is 8.59. The molecule has 3 rings (SSSR count). The second kappa shape index (κ2) is 11.6. The number of nitrogens with one attached hydrogen (secondary N) is 3. The van der Waals surface area contributed by atoms with Gasteiger partial charge in [-0.3, -0.25) is 10.7 Å². The largest absolute Gasteiger partial charge is 0.496 e. The Bertz CT molecular complexity index is 871. The molecule has 5 atom stereocenters. The van der Waals surface area contributed by atoms with Gasteiger partial charge in [-0.1, -0.05) is 66.8 Å². The second-order valence-corrected chi connectivity index (χ2v) is 7.86. The van der Waals surface area contributed by atoms with Gasteiger partial charge in [0, 0.05) is 24.4 Å². The smallest absolute Gasteiger partial charge is 0.138 e. The fourth-order valence-corrected chi connectivity index (χ4v) is 4.22. The Balaban J connectivity index is 1.56. The maximum Gasteiger partial charge on any atom is 0.138 e. The highest BCUT2D eigenvalue weighted by atomic mass is 16.5. The van der Waals surface area contributed by atoms with E-state index in [4.69, 9.17) is 4.74 Å². The number of carbonyl (C=O) groups is 1. The van der Waals surface area contributed by atoms with Gasteiger partial charge >= 0.3 is 0 Å². The van der Waals surface area contributed by atoms with Gasteiger partial charge in [-0.15, -0.1) is 6.58 Å². The van der Waals surface area contributed by atoms with Crippen LogP contribution in [0.2, 0.25) is 0 Å². The topological polar surface area (TPSA) is 62.4 Å². The average Bonchev–Trinajstić information content (AvgIpc) is 2.80. The highest BCUT2D eigenvalue weighted by Crippen LogP contribution is 2.28. The zero-order valence-corrected chi connectivity index (χ0v) is 18.3. The number of ether oxygens (including phenoxy) is 1. The second-order valence-electron chi connectivity index (χ2n) is 7.86. The van der Waals surface area contributed by atoms with Gasteiger partial charge in [0.1, 0.15) is 12.0 Å². The number of hydrogen-bond acceptors (Lipinski definition) is 5. The summed E-state index contributed by atoms with van der Waals surface area (Å²) in [6.07, 6.45) is 18.5. The van der Waals surface area contributed by atoms with Crippen LogP contribution in [0.15, 0.2) is 85.0 Å². The SMILES string of the molecule is C=CC1C(/C=C\C)=CC=CC1CNNC1C=CC(Cc2ccccc2OC)NC1C=O. The fourth-order valence-electron chi connectivity index (χ4n) is 4.22. The number of rotatable bonds is 10. The van der Waals surface area contributed by atoms with Gasteiger partial charge in [0.25, 0.3) is 0 Å². The van der Waals surface area contributed by atoms with Crippen molar-refractivity contribution in [2.24, 2.45) is 11.8 Å². The van der Waals surface area contributed by atoms with E-state index in [-0.39, 0.29) is 24.0 Å². The molecule has 164 valence electrons. The minimum Gasteiger partial charge on any atom is -0.496 e. The summed E-state index contributed by atoms with van der Waals surface area (Å²) in [6, 6.07) is 7.62. The van der Waals surface area contributed by atoms with E-state index in [1.807, 2.05) is 31.2 Å². The van der Waals surface area contributed by atoms with Crippen molar-refractivity contribution < 1.29 is 9.53 Å². The minimum absolute atomic E-state index is 0.0736. The zero-order chi connectivity index (χ0) is 22.1. The molecule has 0 amide bonds. The molecule has 0 saturated carbocycles. The van der Waals surface area contributed by atoms with Crippen LogP contribution in [-0.2, 0) is 11.2 Å². The molecule has 1 aliphatic heterocycles. The van der Waals surface area contributed by atoms with Crippen LogP contribution in [0.25, 0.3) is 0 Å². The van der Waals surface area contributed by atoms with Gasteiger partial charge in [-0.25, -0.2) is 5.43 Å². The molecule has 1 aliphatic carbocycles. The molecule has 5 nitrogen and oxygen atoms in total. The number of aldehydes is 1. The normalized spacial score (nSPS) is 27.8. The Morgan fingerprint density at radius 1 is 1.23 bits per heavy atom. The van der Waals surface area contributed by atoms with E-state index < -0.39 is 0 Å². The van der Waals surface area contributed by atoms with Crippen molar-refractivity contribution in [3.8, 4) is 5.75 Å². The van der Waals surface area contributed by atoms with Crippen molar-refractivity contribution in [1.29, 1.82) is 0 Å². The van der Waals surface area contributed by atoms with E-state index in [1.165, 1.54) is 5.57 Å². The number of benzene rings is 1. The van der Waals surface area contributed by atoms with Gasteiger partial charge < -0.3 is 9.53 Å². The molecule has 1 aromatic rings. The lowest BCUT2D eigenvalue weighted by molar-refractivity contribution is -0.110. The molecule has 0 fully saturated rings. The number of methoxy groups -OCH3 is 1. The Labute approximate surface area is 185 Å². The summed E-state index contributed by atoms with van der Waals surface area (Å²) in [7, 11) is 1.68. The summed E-state index contributed by atoms with van der Waals surface area (Å²) in [5.41, 5.74) is 9.01. The maximum absolute atomic E-state index is 11.7. The average molecular weight is 420 g/mol. The highest BCUT2D eigenvalue weighted by molar-refractivity contribution is 5.60. The van der Waals surface area contributed by atoms with Gasteiger partial charge in [-0.05, 0) is 30.5 Å². The first-order valence-corrected chi connectivity index (χ1v) is 10.8. The molecule has 0 spiro atoms. The van der Waals surface area contributed by atoms with E-state index in [9.17, 15) is 4.79 Å². The van der Waals surface area contributed by atoms with Crippen molar-refractivity contribution in [2.75, 3.05) is 13.7 Å². The molecule has 1 aromatic carbocycles. The molecule has 2 aliphatic rings. The molecule has 0 saturated heterocycles. The number of allylic oxidation sites excluding steroid dienone is 6. The number of hydrogen-bond donors (Lipinski definition) is 3. The van der Waals surface area contributed by atoms with Gasteiger partial charge in [0.05, 0.1) is 19.2 Å². The molecule has 1 heterocycles. The van der Waals surface area contributed by atoms with E-state index in [0.29, 0.717) is 5.92 Å². The summed E-state index contributed by atoms with van der Waals surface area (Å²) in [5.74, 6) is 1.43. The Hall–Kier alpha value is -2.73. The van der Waals surface area contributed by atoms with Gasteiger partial charge in [0.2, 0.25) is 0 Å². The first-order chi connectivity index (χ1) is 15.2. The van der Waals surface area contributed by atoms with Crippen LogP contribution in [0, 0.1) is 11.8 Å². The molecule has 0 aromatic heterocycles. The predicted octanol–water partition coefficient (Wildman–Crippen LogP) is 3.29. The predicted molar refractivity (Wildman–Crippen MR) is 127 cm³/mol. The van der Waals surface area contributed by atoms with Crippen molar-refractivity contribution in [3.63, 3.8) is 0 Å². The standard InChI is InChI=1S/C26H33N3O2/c1-4-9-19-11-8-12-21(23(19)5-2)17-27-29-24-15-14-22(28-25(24)18-30)16-20-10-6-7-13-26(20)31-3/h4-15,18,21-25,27-29H,2,16-17H2,1,3H3/b9-4-. The van der Waals surface area contributed by atoms with Crippen molar-refractivity contribution in [3.05, 3.63) is 90.6 Å². The van der Waals surface area contributed by atoms with E-state index in [1.54, 1.807) is 7.11 Å². The maximum atomic E-state index is 11.7. The molecular weight excluding hydrogens is 386 g/mol. The van der Waals surface area contributed by atoms with Crippen molar-refractivity contribution in [1.82, 2.24) is 16.2 Å². The van der Waals surface area contributed by atoms with Crippen LogP contribution in [0.1, 0.15) is 12.5 Å². The fraction of sp³-hybridized carbons (Fsp3) is 0.346. The lowest BCUT2D eigenvalue weighted by atomic mass is 9.82. The Morgan fingerprint density at radius 2 is 2.06 bits per heavy atom. The number of hydrazine groups is 1. The minimum atomic E-state index is -0.312. The third kappa shape index (κ3) is 5.91. The van der Waals surface area contributed by atoms with Crippen LogP contribution in [0.3, 0.4) is 0 Å². The molecule has 3 N–H and O–H groups in total. The summed E-state index contributed by atoms with van der Waals surface area (Å²) in [6.45, 7) is 6.78. The van der Waals surface area contributed by atoms with Gasteiger partial charge in [0.15, 0.2) is 0 Å². The van der Waals surface area contributed by atoms with Crippen LogP contribution < -0.4 is 20.9 Å². The number of para-hydroxylation sites is 1. The first kappa shape index (κ1) is 22.9. The van der Waals surface area contributed by atoms with Crippen LogP contribution in [-0.4, -0.2) is 38.1 Å². The summed E-state index contributed by atoms with van der Waals surface area (Å²) >= 11 is 0. The molecule has 0 bridgehead atoms. The summed E-state index contributed by atoms with van der Waals surface area (Å²) in [5, 5.41) is 3.42. The van der Waals surface area contributed by atoms with Crippen LogP contribution >= 0.6 is 0 Å². The van der Waals surface area contributed by atoms with E-state index in [2.05, 4.69) is 71.3 Å². The Morgan fingerprint density at radius 3 is 2.81 bits per heavy atom. The quantitative estimate of drug-likeness (QED) is 0.309. The van der Waals surface area contributed by atoms with E-state index in [0.717, 1.165) is 30.6 Å². The lowest BCUT2D eigenvalue weighted by Gasteiger charge is -2.32. The summed E-state index contributed by atoms with van der Waals surface area (Å²) < 4.78 is 5.45. The third-order valence-corrected chi connectivity index (χ3v) is 5.84. The highest BCUT2D eigenvalue weighted by Gasteiger charge is 2.27. The van der Waals surface area contributed by atoms with Crippen LogP contribution in [0.5, 0.6) is 5.75 Å². The van der Waals surface area contributed by atoms with E-state index >= 15 is 0 Å². The number of carbonyl (C=O) groups excluding carboxylic acids is 1. The first-order valence-electron chi connectivity index (χ1n) is 10.8. The monoisotopic (exact) mass is 419 g/mol.